The Morgan fingerprint density at radius 3 is 2.22 bits per heavy atom. The highest BCUT2D eigenvalue weighted by Crippen LogP contribution is 2.20. The number of nitrogens with zero attached hydrogens (tertiary/aromatic N) is 3. The van der Waals surface area contributed by atoms with Crippen LogP contribution >= 0.6 is 0 Å². The maximum absolute atomic E-state index is 5.04. The molecule has 6 heteroatoms. The van der Waals surface area contributed by atoms with Crippen LogP contribution in [0.15, 0.2) is 40.9 Å². The molecule has 0 saturated carbocycles. The predicted molar refractivity (Wildman–Crippen MR) is 90.4 cm³/mol. The standard InChI is InChI=1S/C17H19N5O/c1-4-13-5-7-14(8-6-13)20-15-10-16(19-12(3)18-15)21-17-9-11(2)23-22-17/h5-10H,4H2,1-3H3,(H2,18,19,20,21,22). The lowest BCUT2D eigenvalue weighted by Gasteiger charge is -2.09. The van der Waals surface area contributed by atoms with Gasteiger partial charge in [-0.15, -0.1) is 0 Å². The first-order valence-electron chi connectivity index (χ1n) is 7.54. The Hall–Kier alpha value is -2.89. The predicted octanol–water partition coefficient (Wildman–Crippen LogP) is 4.13. The zero-order valence-electron chi connectivity index (χ0n) is 13.4. The highest BCUT2D eigenvalue weighted by molar-refractivity contribution is 5.62. The summed E-state index contributed by atoms with van der Waals surface area (Å²) in [6, 6.07) is 12.0. The first kappa shape index (κ1) is 15.0. The maximum atomic E-state index is 5.04. The van der Waals surface area contributed by atoms with Crippen molar-refractivity contribution in [3.05, 3.63) is 53.5 Å². The molecular formula is C17H19N5O. The summed E-state index contributed by atoms with van der Waals surface area (Å²) in [7, 11) is 0. The van der Waals surface area contributed by atoms with E-state index in [1.165, 1.54) is 5.56 Å². The average molecular weight is 309 g/mol. The lowest BCUT2D eigenvalue weighted by Crippen LogP contribution is -2.01. The molecule has 0 atom stereocenters. The van der Waals surface area contributed by atoms with Crippen LogP contribution in [0, 0.1) is 13.8 Å². The van der Waals surface area contributed by atoms with Gasteiger partial charge in [0, 0.05) is 17.8 Å². The molecule has 2 heterocycles. The first-order valence-corrected chi connectivity index (χ1v) is 7.54. The Morgan fingerprint density at radius 2 is 1.61 bits per heavy atom. The number of hydrogen-bond acceptors (Lipinski definition) is 6. The van der Waals surface area contributed by atoms with Crippen molar-refractivity contribution in [2.75, 3.05) is 10.6 Å². The molecule has 0 spiro atoms. The zero-order chi connectivity index (χ0) is 16.2. The first-order chi connectivity index (χ1) is 11.1. The molecule has 0 unspecified atom stereocenters. The third-order valence-electron chi connectivity index (χ3n) is 3.36. The second-order valence-electron chi connectivity index (χ2n) is 5.31. The number of anilines is 4. The molecule has 0 fully saturated rings. The number of benzene rings is 1. The van der Waals surface area contributed by atoms with Crippen molar-refractivity contribution in [3.63, 3.8) is 0 Å². The van der Waals surface area contributed by atoms with E-state index in [0.717, 1.165) is 23.7 Å². The molecule has 0 amide bonds. The van der Waals surface area contributed by atoms with Crippen LogP contribution < -0.4 is 10.6 Å². The average Bonchev–Trinajstić information content (AvgIpc) is 2.92. The summed E-state index contributed by atoms with van der Waals surface area (Å²) in [5.41, 5.74) is 2.29. The molecule has 3 rings (SSSR count). The van der Waals surface area contributed by atoms with Crippen molar-refractivity contribution in [1.82, 2.24) is 15.1 Å². The summed E-state index contributed by atoms with van der Waals surface area (Å²) in [5.74, 6) is 3.43. The number of hydrogen-bond donors (Lipinski definition) is 2. The maximum Gasteiger partial charge on any atom is 0.175 e. The molecule has 0 saturated heterocycles. The van der Waals surface area contributed by atoms with E-state index >= 15 is 0 Å². The van der Waals surface area contributed by atoms with Crippen LogP contribution in [0.25, 0.3) is 0 Å². The van der Waals surface area contributed by atoms with Crippen molar-refractivity contribution in [2.45, 2.75) is 27.2 Å². The summed E-state index contributed by atoms with van der Waals surface area (Å²) in [6.45, 7) is 5.83. The highest BCUT2D eigenvalue weighted by Gasteiger charge is 2.06. The summed E-state index contributed by atoms with van der Waals surface area (Å²) in [4.78, 5) is 8.78. The molecular weight excluding hydrogens is 290 g/mol. The third kappa shape index (κ3) is 3.85. The van der Waals surface area contributed by atoms with Crippen LogP contribution in [-0.2, 0) is 6.42 Å². The van der Waals surface area contributed by atoms with Crippen molar-refractivity contribution in [1.29, 1.82) is 0 Å². The van der Waals surface area contributed by atoms with E-state index in [1.54, 1.807) is 0 Å². The van der Waals surface area contributed by atoms with Gasteiger partial charge in [0.1, 0.15) is 23.2 Å². The molecule has 2 aromatic heterocycles. The van der Waals surface area contributed by atoms with Gasteiger partial charge in [-0.2, -0.15) is 0 Å². The smallest absolute Gasteiger partial charge is 0.175 e. The summed E-state index contributed by atoms with van der Waals surface area (Å²) in [5, 5.41) is 10.3. The molecule has 6 nitrogen and oxygen atoms in total. The lowest BCUT2D eigenvalue weighted by molar-refractivity contribution is 0.400. The zero-order valence-corrected chi connectivity index (χ0v) is 13.4. The van der Waals surface area contributed by atoms with Crippen LogP contribution in [0.1, 0.15) is 24.1 Å². The van der Waals surface area contributed by atoms with Gasteiger partial charge in [0.05, 0.1) is 0 Å². The molecule has 2 N–H and O–H groups in total. The monoisotopic (exact) mass is 309 g/mol. The van der Waals surface area contributed by atoms with Crippen LogP contribution in [0.4, 0.5) is 23.1 Å². The molecule has 118 valence electrons. The van der Waals surface area contributed by atoms with E-state index in [-0.39, 0.29) is 0 Å². The second kappa shape index (κ2) is 6.48. The minimum atomic E-state index is 0.624. The van der Waals surface area contributed by atoms with Gasteiger partial charge in [0.15, 0.2) is 5.82 Å². The van der Waals surface area contributed by atoms with E-state index in [4.69, 9.17) is 4.52 Å². The summed E-state index contributed by atoms with van der Waals surface area (Å²) >= 11 is 0. The molecule has 0 bridgehead atoms. The van der Waals surface area contributed by atoms with Gasteiger partial charge in [0.2, 0.25) is 0 Å². The summed E-state index contributed by atoms with van der Waals surface area (Å²) in [6.07, 6.45) is 1.03. The van der Waals surface area contributed by atoms with Gasteiger partial charge in [-0.1, -0.05) is 24.2 Å². The molecule has 0 aliphatic carbocycles. The summed E-state index contributed by atoms with van der Waals surface area (Å²) < 4.78 is 5.04. The lowest BCUT2D eigenvalue weighted by atomic mass is 10.1. The van der Waals surface area contributed by atoms with Crippen molar-refractivity contribution in [2.24, 2.45) is 0 Å². The van der Waals surface area contributed by atoms with Gasteiger partial charge in [-0.3, -0.25) is 0 Å². The number of aryl methyl sites for hydroxylation is 3. The SMILES string of the molecule is CCc1ccc(Nc2cc(Nc3cc(C)on3)nc(C)n2)cc1. The molecule has 0 aliphatic rings. The van der Waals surface area contributed by atoms with E-state index in [0.29, 0.717) is 17.5 Å². The largest absolute Gasteiger partial charge is 0.360 e. The molecule has 0 radical (unpaired) electrons. The van der Waals surface area contributed by atoms with Gasteiger partial charge < -0.3 is 15.2 Å². The van der Waals surface area contributed by atoms with Crippen LogP contribution in [0.5, 0.6) is 0 Å². The van der Waals surface area contributed by atoms with Gasteiger partial charge >= 0.3 is 0 Å². The Labute approximate surface area is 135 Å². The highest BCUT2D eigenvalue weighted by atomic mass is 16.5. The number of nitrogens with one attached hydrogen (secondary N) is 2. The normalized spacial score (nSPS) is 10.6. The number of aromatic nitrogens is 3. The van der Waals surface area contributed by atoms with Crippen molar-refractivity contribution < 1.29 is 4.52 Å². The second-order valence-corrected chi connectivity index (χ2v) is 5.31. The molecule has 23 heavy (non-hydrogen) atoms. The molecule has 3 aromatic rings. The van der Waals surface area contributed by atoms with Gasteiger partial charge in [-0.25, -0.2) is 9.97 Å². The van der Waals surface area contributed by atoms with E-state index in [9.17, 15) is 0 Å². The minimum Gasteiger partial charge on any atom is -0.360 e. The fourth-order valence-electron chi connectivity index (χ4n) is 2.22. The van der Waals surface area contributed by atoms with Crippen LogP contribution in [-0.4, -0.2) is 15.1 Å². The Kier molecular flexibility index (Phi) is 4.23. The molecule has 1 aromatic carbocycles. The van der Waals surface area contributed by atoms with E-state index in [2.05, 4.69) is 44.8 Å². The molecule has 0 aliphatic heterocycles. The van der Waals surface area contributed by atoms with Crippen LogP contribution in [0.3, 0.4) is 0 Å². The fraction of sp³-hybridized carbons (Fsp3) is 0.235. The Morgan fingerprint density at radius 1 is 0.913 bits per heavy atom. The fourth-order valence-corrected chi connectivity index (χ4v) is 2.22. The van der Waals surface area contributed by atoms with Gasteiger partial charge in [-0.05, 0) is 38.0 Å². The Balaban J connectivity index is 1.79. The van der Waals surface area contributed by atoms with Gasteiger partial charge in [0.25, 0.3) is 0 Å². The Bertz CT molecular complexity index is 795. The number of rotatable bonds is 5. The van der Waals surface area contributed by atoms with Crippen LogP contribution in [0.2, 0.25) is 0 Å². The quantitative estimate of drug-likeness (QED) is 0.738. The minimum absolute atomic E-state index is 0.624. The van der Waals surface area contributed by atoms with Crippen molar-refractivity contribution >= 4 is 23.1 Å². The van der Waals surface area contributed by atoms with E-state index in [1.807, 2.05) is 38.1 Å². The van der Waals surface area contributed by atoms with E-state index < -0.39 is 0 Å². The topological polar surface area (TPSA) is 75.9 Å². The third-order valence-corrected chi connectivity index (χ3v) is 3.36. The van der Waals surface area contributed by atoms with Crippen molar-refractivity contribution in [3.8, 4) is 0 Å².